The van der Waals surface area contributed by atoms with Gasteiger partial charge < -0.3 is 18.9 Å². The number of ketones is 1. The highest BCUT2D eigenvalue weighted by Crippen LogP contribution is 2.37. The predicted molar refractivity (Wildman–Crippen MR) is 105 cm³/mol. The molecular weight excluding hydrogens is 400 g/mol. The number of carbonyl (C=O) groups excluding carboxylic acids is 1. The van der Waals surface area contributed by atoms with E-state index >= 15 is 0 Å². The van der Waals surface area contributed by atoms with E-state index in [-0.39, 0.29) is 5.78 Å². The van der Waals surface area contributed by atoms with Gasteiger partial charge in [0.2, 0.25) is 0 Å². The highest BCUT2D eigenvalue weighted by molar-refractivity contribution is 9.10. The van der Waals surface area contributed by atoms with Gasteiger partial charge in [-0.05, 0) is 64.8 Å². The van der Waals surface area contributed by atoms with Gasteiger partial charge in [0.05, 0.1) is 32.4 Å². The molecule has 2 aromatic rings. The highest BCUT2D eigenvalue weighted by atomic mass is 79.9. The molecule has 26 heavy (non-hydrogen) atoms. The number of hydrogen-bond donors (Lipinski definition) is 0. The van der Waals surface area contributed by atoms with E-state index in [1.54, 1.807) is 38.5 Å². The first-order valence-electron chi connectivity index (χ1n) is 7.98. The molecule has 0 heterocycles. The van der Waals surface area contributed by atoms with Crippen molar-refractivity contribution in [2.45, 2.75) is 6.92 Å². The Labute approximate surface area is 161 Å². The van der Waals surface area contributed by atoms with Crippen molar-refractivity contribution in [2.75, 3.05) is 27.9 Å². The summed E-state index contributed by atoms with van der Waals surface area (Å²) in [5.41, 5.74) is 1.33. The highest BCUT2D eigenvalue weighted by Gasteiger charge is 2.11. The van der Waals surface area contributed by atoms with Gasteiger partial charge >= 0.3 is 0 Å². The summed E-state index contributed by atoms with van der Waals surface area (Å²) in [6, 6.07) is 8.74. The van der Waals surface area contributed by atoms with Crippen LogP contribution < -0.4 is 18.9 Å². The Kier molecular flexibility index (Phi) is 7.09. The largest absolute Gasteiger partial charge is 0.493 e. The first-order valence-corrected chi connectivity index (χ1v) is 8.78. The Bertz CT molecular complexity index is 814. The van der Waals surface area contributed by atoms with Gasteiger partial charge in [-0.2, -0.15) is 0 Å². The monoisotopic (exact) mass is 420 g/mol. The number of rotatable bonds is 8. The van der Waals surface area contributed by atoms with Crippen molar-refractivity contribution >= 4 is 27.8 Å². The molecule has 0 atom stereocenters. The summed E-state index contributed by atoms with van der Waals surface area (Å²) >= 11 is 3.46. The third-order valence-electron chi connectivity index (χ3n) is 3.63. The van der Waals surface area contributed by atoms with E-state index in [9.17, 15) is 4.79 Å². The first kappa shape index (κ1) is 19.8. The molecular formula is C20H21BrO5. The average molecular weight is 421 g/mol. The Morgan fingerprint density at radius 2 is 1.73 bits per heavy atom. The Morgan fingerprint density at radius 3 is 2.35 bits per heavy atom. The third kappa shape index (κ3) is 4.58. The van der Waals surface area contributed by atoms with Crippen LogP contribution in [-0.2, 0) is 0 Å². The fourth-order valence-corrected chi connectivity index (χ4v) is 3.02. The summed E-state index contributed by atoms with van der Waals surface area (Å²) in [5.74, 6) is 2.18. The van der Waals surface area contributed by atoms with Crippen molar-refractivity contribution in [1.82, 2.24) is 0 Å². The van der Waals surface area contributed by atoms with Gasteiger partial charge in [0, 0.05) is 5.56 Å². The van der Waals surface area contributed by atoms with Crippen LogP contribution in [0.1, 0.15) is 22.8 Å². The van der Waals surface area contributed by atoms with Gasteiger partial charge in [0.25, 0.3) is 0 Å². The Morgan fingerprint density at radius 1 is 1.00 bits per heavy atom. The fraction of sp³-hybridized carbons (Fsp3) is 0.250. The first-order chi connectivity index (χ1) is 12.5. The third-order valence-corrected chi connectivity index (χ3v) is 4.22. The molecule has 0 spiro atoms. The van der Waals surface area contributed by atoms with Crippen LogP contribution in [0, 0.1) is 0 Å². The zero-order valence-electron chi connectivity index (χ0n) is 15.2. The van der Waals surface area contributed by atoms with Crippen molar-refractivity contribution in [3.63, 3.8) is 0 Å². The van der Waals surface area contributed by atoms with E-state index < -0.39 is 0 Å². The number of methoxy groups -OCH3 is 3. The molecule has 0 saturated heterocycles. The molecule has 0 aromatic heterocycles. The number of carbonyl (C=O) groups is 1. The lowest BCUT2D eigenvalue weighted by atomic mass is 10.1. The molecule has 0 unspecified atom stereocenters. The van der Waals surface area contributed by atoms with Crippen molar-refractivity contribution in [3.05, 3.63) is 52.0 Å². The minimum Gasteiger partial charge on any atom is -0.493 e. The maximum Gasteiger partial charge on any atom is 0.185 e. The van der Waals surface area contributed by atoms with E-state index in [1.165, 1.54) is 13.2 Å². The molecule has 0 fully saturated rings. The Balaban J connectivity index is 2.27. The minimum atomic E-state index is -0.143. The molecule has 138 valence electrons. The minimum absolute atomic E-state index is 0.143. The lowest BCUT2D eigenvalue weighted by molar-refractivity contribution is 0.104. The van der Waals surface area contributed by atoms with Crippen LogP contribution in [0.2, 0.25) is 0 Å². The molecule has 5 nitrogen and oxygen atoms in total. The number of ether oxygens (including phenoxy) is 4. The molecule has 6 heteroatoms. The number of benzene rings is 2. The van der Waals surface area contributed by atoms with Crippen molar-refractivity contribution < 1.29 is 23.7 Å². The van der Waals surface area contributed by atoms with E-state index in [0.717, 1.165) is 10.0 Å². The van der Waals surface area contributed by atoms with Gasteiger partial charge in [-0.3, -0.25) is 4.79 Å². The molecule has 0 saturated carbocycles. The second kappa shape index (κ2) is 9.29. The van der Waals surface area contributed by atoms with Crippen LogP contribution >= 0.6 is 15.9 Å². The molecule has 0 aliphatic heterocycles. The normalized spacial score (nSPS) is 10.7. The molecule has 0 amide bonds. The molecule has 2 aromatic carbocycles. The molecule has 0 aliphatic carbocycles. The maximum absolute atomic E-state index is 12.5. The van der Waals surface area contributed by atoms with E-state index in [2.05, 4.69) is 15.9 Å². The maximum atomic E-state index is 12.5. The Hall–Kier alpha value is -2.47. The van der Waals surface area contributed by atoms with Crippen molar-refractivity contribution in [2.24, 2.45) is 0 Å². The SMILES string of the molecule is CCOc1cc(/C=C/C(=O)c2ccc(OC)c(OC)c2)cc(Br)c1OC. The van der Waals surface area contributed by atoms with Gasteiger partial charge in [-0.1, -0.05) is 6.08 Å². The second-order valence-electron chi connectivity index (χ2n) is 5.23. The van der Waals surface area contributed by atoms with E-state index in [4.69, 9.17) is 18.9 Å². The van der Waals surface area contributed by atoms with Crippen molar-refractivity contribution in [1.29, 1.82) is 0 Å². The number of hydrogen-bond acceptors (Lipinski definition) is 5. The standard InChI is InChI=1S/C20H21BrO5/c1-5-26-19-11-13(10-15(21)20(19)25-4)6-8-16(22)14-7-9-17(23-2)18(12-14)24-3/h6-12H,5H2,1-4H3/b8-6+. The fourth-order valence-electron chi connectivity index (χ4n) is 2.40. The summed E-state index contributed by atoms with van der Waals surface area (Å²) in [4.78, 5) is 12.5. The van der Waals surface area contributed by atoms with Gasteiger partial charge in [-0.25, -0.2) is 0 Å². The zero-order valence-corrected chi connectivity index (χ0v) is 16.8. The van der Waals surface area contributed by atoms with Gasteiger partial charge in [0.15, 0.2) is 28.8 Å². The summed E-state index contributed by atoms with van der Waals surface area (Å²) < 4.78 is 22.1. The van der Waals surface area contributed by atoms with Gasteiger partial charge in [-0.15, -0.1) is 0 Å². The van der Waals surface area contributed by atoms with Gasteiger partial charge in [0.1, 0.15) is 0 Å². The average Bonchev–Trinajstić information content (AvgIpc) is 2.65. The molecule has 0 bridgehead atoms. The van der Waals surface area contributed by atoms with Crippen LogP contribution in [0.4, 0.5) is 0 Å². The van der Waals surface area contributed by atoms with Crippen molar-refractivity contribution in [3.8, 4) is 23.0 Å². The molecule has 0 N–H and O–H groups in total. The van der Waals surface area contributed by atoms with E-state index in [0.29, 0.717) is 35.2 Å². The van der Waals surface area contributed by atoms with Crippen LogP contribution in [0.5, 0.6) is 23.0 Å². The summed E-state index contributed by atoms with van der Waals surface area (Å²) in [6.45, 7) is 2.41. The smallest absolute Gasteiger partial charge is 0.185 e. The summed E-state index contributed by atoms with van der Waals surface area (Å²) in [5, 5.41) is 0. The van der Waals surface area contributed by atoms with Crippen LogP contribution in [0.3, 0.4) is 0 Å². The predicted octanol–water partition coefficient (Wildman–Crippen LogP) is 4.77. The number of halogens is 1. The van der Waals surface area contributed by atoms with Crippen LogP contribution in [0.25, 0.3) is 6.08 Å². The van der Waals surface area contributed by atoms with E-state index in [1.807, 2.05) is 19.1 Å². The number of allylic oxidation sites excluding steroid dienone is 1. The summed E-state index contributed by atoms with van der Waals surface area (Å²) in [6.07, 6.45) is 3.23. The summed E-state index contributed by atoms with van der Waals surface area (Å²) in [7, 11) is 4.67. The zero-order chi connectivity index (χ0) is 19.1. The molecule has 0 radical (unpaired) electrons. The lowest BCUT2D eigenvalue weighted by Crippen LogP contribution is -1.98. The topological polar surface area (TPSA) is 54.0 Å². The van der Waals surface area contributed by atoms with Crippen LogP contribution in [0.15, 0.2) is 40.9 Å². The second-order valence-corrected chi connectivity index (χ2v) is 6.09. The van der Waals surface area contributed by atoms with Crippen LogP contribution in [-0.4, -0.2) is 33.7 Å². The molecule has 2 rings (SSSR count). The quantitative estimate of drug-likeness (QED) is 0.454. The molecule has 0 aliphatic rings. The lowest BCUT2D eigenvalue weighted by Gasteiger charge is -2.12.